The van der Waals surface area contributed by atoms with Gasteiger partial charge in [-0.15, -0.1) is 0 Å². The molecule has 0 aliphatic heterocycles. The number of H-pyrrole nitrogens is 1. The maximum Gasteiger partial charge on any atom is 0.180 e. The largest absolute Gasteiger partial charge is 0.342 e. The number of rotatable bonds is 0. The first-order valence-electron chi connectivity index (χ1n) is 2.56. The number of fused-ring (bicyclic) bond motifs is 1. The molecule has 0 fully saturated rings. The van der Waals surface area contributed by atoms with E-state index in [1.807, 2.05) is 0 Å². The molecule has 1 atom stereocenters. The fourth-order valence-electron chi connectivity index (χ4n) is 0.691. The van der Waals surface area contributed by atoms with Gasteiger partial charge in [-0.3, -0.25) is 0 Å². The smallest absolute Gasteiger partial charge is 0.180 e. The molecule has 2 aromatic heterocycles. The molecular formula is C6H13AsN4S. The van der Waals surface area contributed by atoms with Crippen molar-refractivity contribution < 1.29 is 0 Å². The van der Waals surface area contributed by atoms with Crippen LogP contribution in [0.5, 0.6) is 0 Å². The Kier molecular flexibility index (Phi) is 7.04. The number of aromatic amines is 1. The van der Waals surface area contributed by atoms with Crippen LogP contribution in [0.3, 0.4) is 0 Å². The fraction of sp³-hybridized carbons (Fsp3) is 0.167. The van der Waals surface area contributed by atoms with Gasteiger partial charge in [-0.1, -0.05) is 7.43 Å². The van der Waals surface area contributed by atoms with Gasteiger partial charge in [0.25, 0.3) is 0 Å². The van der Waals surface area contributed by atoms with Crippen LogP contribution in [0, 0.1) is 0 Å². The molecule has 0 spiro atoms. The van der Waals surface area contributed by atoms with E-state index in [9.17, 15) is 0 Å². The summed E-state index contributed by atoms with van der Waals surface area (Å²) in [5.41, 5.74) is 1.59. The summed E-state index contributed by atoms with van der Waals surface area (Å²) in [5, 5.41) is 0. The molecule has 0 aliphatic rings. The van der Waals surface area contributed by atoms with Crippen LogP contribution in [-0.4, -0.2) is 37.9 Å². The van der Waals surface area contributed by atoms with Crippen molar-refractivity contribution in [2.75, 3.05) is 0 Å². The number of hydrogen-bond donors (Lipinski definition) is 1. The first-order chi connectivity index (χ1) is 4.47. The van der Waals surface area contributed by atoms with Crippen molar-refractivity contribution in [1.29, 1.82) is 0 Å². The summed E-state index contributed by atoms with van der Waals surface area (Å²) in [6.45, 7) is 0. The molecule has 1 unspecified atom stereocenters. The second kappa shape index (κ2) is 6.03. The molecule has 2 aromatic rings. The van der Waals surface area contributed by atoms with E-state index < -0.39 is 0 Å². The summed E-state index contributed by atoms with van der Waals surface area (Å²) in [5.74, 6) is 0. The molecule has 0 aromatic carbocycles. The summed E-state index contributed by atoms with van der Waals surface area (Å²) in [4.78, 5) is 14.5. The van der Waals surface area contributed by atoms with E-state index in [4.69, 9.17) is 0 Å². The van der Waals surface area contributed by atoms with Gasteiger partial charge >= 0.3 is 18.0 Å². The average molecular weight is 248 g/mol. The Labute approximate surface area is 89.0 Å². The minimum Gasteiger partial charge on any atom is -0.342 e. The van der Waals surface area contributed by atoms with Crippen LogP contribution in [0.2, 0.25) is 0 Å². The van der Waals surface area contributed by atoms with Crippen molar-refractivity contribution in [3.63, 3.8) is 0 Å². The minimum absolute atomic E-state index is 0. The van der Waals surface area contributed by atoms with Gasteiger partial charge in [-0.25, -0.2) is 15.0 Å². The SMILES string of the molecule is C.S.[AsH3].c1ncc2[nH]cnc2n1. The zero-order valence-corrected chi connectivity index (χ0v) is 9.75. The molecule has 12 heavy (non-hydrogen) atoms. The molecule has 6 heteroatoms. The number of imidazole rings is 1. The zero-order chi connectivity index (χ0) is 6.10. The van der Waals surface area contributed by atoms with E-state index in [0.717, 1.165) is 5.52 Å². The molecule has 68 valence electrons. The van der Waals surface area contributed by atoms with E-state index in [1.165, 1.54) is 6.33 Å². The van der Waals surface area contributed by atoms with E-state index >= 15 is 0 Å². The number of aromatic nitrogens is 4. The molecular weight excluding hydrogens is 235 g/mol. The van der Waals surface area contributed by atoms with Crippen molar-refractivity contribution in [3.8, 4) is 0 Å². The molecule has 2 heterocycles. The standard InChI is InChI=1S/C5H4N4.CH4.AsH3.H2S/c1-4-5(8-2-6-1)9-3-7-4;;;/h1-3H,(H,6,7,8,9);1H4;1H3;1H2. The van der Waals surface area contributed by atoms with Gasteiger partial charge in [0.2, 0.25) is 0 Å². The van der Waals surface area contributed by atoms with Gasteiger partial charge in [0.1, 0.15) is 11.8 Å². The van der Waals surface area contributed by atoms with Gasteiger partial charge in [0.05, 0.1) is 12.5 Å². The fourth-order valence-corrected chi connectivity index (χ4v) is 0.691. The third-order valence-corrected chi connectivity index (χ3v) is 1.10. The molecule has 0 radical (unpaired) electrons. The Balaban J connectivity index is 0. The Morgan fingerprint density at radius 2 is 2.00 bits per heavy atom. The number of nitrogens with zero attached hydrogens (tertiary/aromatic N) is 3. The van der Waals surface area contributed by atoms with E-state index in [2.05, 4.69) is 19.9 Å². The molecule has 1 N–H and O–H groups in total. The first-order valence-corrected chi connectivity index (χ1v) is 2.56. The normalized spacial score (nSPS) is 7.67. The summed E-state index contributed by atoms with van der Waals surface area (Å²) in [7, 11) is 0. The third-order valence-electron chi connectivity index (χ3n) is 1.10. The second-order valence-corrected chi connectivity index (χ2v) is 1.66. The zero-order valence-electron chi connectivity index (χ0n) is 5.78. The molecule has 0 aliphatic carbocycles. The van der Waals surface area contributed by atoms with Crippen LogP contribution in [0.4, 0.5) is 0 Å². The quantitative estimate of drug-likeness (QED) is 0.663. The number of hydrogen-bond acceptors (Lipinski definition) is 3. The van der Waals surface area contributed by atoms with Gasteiger partial charge < -0.3 is 4.98 Å². The molecule has 0 bridgehead atoms. The van der Waals surface area contributed by atoms with Crippen LogP contribution in [0.15, 0.2) is 18.9 Å². The van der Waals surface area contributed by atoms with Crippen LogP contribution in [0.1, 0.15) is 7.43 Å². The monoisotopic (exact) mass is 248 g/mol. The number of nitrogens with one attached hydrogen (secondary N) is 1. The topological polar surface area (TPSA) is 54.5 Å². The minimum atomic E-state index is 0. The summed E-state index contributed by atoms with van der Waals surface area (Å²) >= 11 is 0. The molecule has 0 saturated carbocycles. The Bertz CT molecular complexity index is 294. The van der Waals surface area contributed by atoms with E-state index in [0.29, 0.717) is 5.65 Å². The molecule has 2 rings (SSSR count). The first kappa shape index (κ1) is 14.0. The van der Waals surface area contributed by atoms with Crippen LogP contribution in [-0.2, 0) is 0 Å². The van der Waals surface area contributed by atoms with Crippen LogP contribution >= 0.6 is 13.5 Å². The predicted molar refractivity (Wildman–Crippen MR) is 58.7 cm³/mol. The van der Waals surface area contributed by atoms with Gasteiger partial charge in [-0.2, -0.15) is 13.5 Å². The molecule has 0 amide bonds. The Morgan fingerprint density at radius 1 is 1.25 bits per heavy atom. The summed E-state index contributed by atoms with van der Waals surface area (Å²) in [6.07, 6.45) is 4.76. The maximum absolute atomic E-state index is 3.91. The van der Waals surface area contributed by atoms with Crippen molar-refractivity contribution in [1.82, 2.24) is 19.9 Å². The van der Waals surface area contributed by atoms with Crippen molar-refractivity contribution in [2.24, 2.45) is 0 Å². The van der Waals surface area contributed by atoms with Crippen molar-refractivity contribution in [3.05, 3.63) is 18.9 Å². The van der Waals surface area contributed by atoms with Crippen LogP contribution in [0.25, 0.3) is 11.2 Å². The Hall–Kier alpha value is -0.542. The van der Waals surface area contributed by atoms with Crippen LogP contribution < -0.4 is 0 Å². The van der Waals surface area contributed by atoms with Gasteiger partial charge in [0, 0.05) is 0 Å². The second-order valence-electron chi connectivity index (χ2n) is 1.66. The Morgan fingerprint density at radius 3 is 2.67 bits per heavy atom. The van der Waals surface area contributed by atoms with E-state index in [-0.39, 0.29) is 38.9 Å². The van der Waals surface area contributed by atoms with Crippen molar-refractivity contribution >= 4 is 42.6 Å². The van der Waals surface area contributed by atoms with Gasteiger partial charge in [-0.05, 0) is 0 Å². The summed E-state index contributed by atoms with van der Waals surface area (Å²) in [6, 6.07) is 0. The molecule has 4 nitrogen and oxygen atoms in total. The summed E-state index contributed by atoms with van der Waals surface area (Å²) < 4.78 is 0. The van der Waals surface area contributed by atoms with E-state index in [1.54, 1.807) is 12.5 Å². The predicted octanol–water partition coefficient (Wildman–Crippen LogP) is -0.0821. The van der Waals surface area contributed by atoms with Gasteiger partial charge in [0.15, 0.2) is 5.65 Å². The van der Waals surface area contributed by atoms with Crippen molar-refractivity contribution in [2.45, 2.75) is 7.43 Å². The maximum atomic E-state index is 3.91. The molecule has 0 saturated heterocycles. The average Bonchev–Trinajstić information content (AvgIpc) is 2.33. The third kappa shape index (κ3) is 2.50.